The highest BCUT2D eigenvalue weighted by atomic mass is 32.2. The lowest BCUT2D eigenvalue weighted by Crippen LogP contribution is -2.27. The average Bonchev–Trinajstić information content (AvgIpc) is 2.66. The van der Waals surface area contributed by atoms with Gasteiger partial charge in [-0.3, -0.25) is 10.1 Å². The minimum absolute atomic E-state index is 0.0205. The first-order valence-electron chi connectivity index (χ1n) is 6.45. The predicted molar refractivity (Wildman–Crippen MR) is 76.8 cm³/mol. The second kappa shape index (κ2) is 5.05. The van der Waals surface area contributed by atoms with Gasteiger partial charge < -0.3 is 4.90 Å². The number of rotatable bonds is 3. The number of hydrogen-bond acceptors (Lipinski definition) is 5. The maximum Gasteiger partial charge on any atom is 0.293 e. The van der Waals surface area contributed by atoms with Gasteiger partial charge in [0.25, 0.3) is 5.69 Å². The van der Waals surface area contributed by atoms with E-state index in [1.165, 1.54) is 6.07 Å². The third-order valence-corrected chi connectivity index (χ3v) is 4.78. The molecule has 2 unspecified atom stereocenters. The molecule has 20 heavy (non-hydrogen) atoms. The molecule has 2 rings (SSSR count). The van der Waals surface area contributed by atoms with E-state index in [1.807, 2.05) is 11.8 Å². The minimum atomic E-state index is -3.45. The van der Waals surface area contributed by atoms with E-state index in [0.29, 0.717) is 11.6 Å². The molecule has 0 spiro atoms. The summed E-state index contributed by atoms with van der Waals surface area (Å²) in [7, 11) is -3.45. The van der Waals surface area contributed by atoms with Gasteiger partial charge in [0.1, 0.15) is 5.69 Å². The molecular formula is C13H18N2O4S. The van der Waals surface area contributed by atoms with Gasteiger partial charge in [-0.2, -0.15) is 0 Å². The lowest BCUT2D eigenvalue weighted by Gasteiger charge is -2.23. The highest BCUT2D eigenvalue weighted by Gasteiger charge is 2.31. The zero-order valence-corrected chi connectivity index (χ0v) is 12.6. The van der Waals surface area contributed by atoms with E-state index in [4.69, 9.17) is 0 Å². The molecule has 0 saturated carbocycles. The maximum absolute atomic E-state index is 11.5. The van der Waals surface area contributed by atoms with Gasteiger partial charge in [0.15, 0.2) is 9.84 Å². The molecule has 0 aromatic heterocycles. The van der Waals surface area contributed by atoms with E-state index in [-0.39, 0.29) is 16.6 Å². The van der Waals surface area contributed by atoms with Crippen LogP contribution in [0.25, 0.3) is 0 Å². The summed E-state index contributed by atoms with van der Waals surface area (Å²) in [5.74, 6) is 0.471. The van der Waals surface area contributed by atoms with E-state index in [9.17, 15) is 18.5 Å². The topological polar surface area (TPSA) is 80.5 Å². The van der Waals surface area contributed by atoms with E-state index >= 15 is 0 Å². The molecule has 1 aromatic rings. The fourth-order valence-corrected chi connectivity index (χ4v) is 3.40. The lowest BCUT2D eigenvalue weighted by atomic mass is 10.1. The molecule has 1 heterocycles. The second-order valence-corrected chi connectivity index (χ2v) is 7.54. The van der Waals surface area contributed by atoms with Gasteiger partial charge in [0.2, 0.25) is 0 Å². The summed E-state index contributed by atoms with van der Waals surface area (Å²) in [5.41, 5.74) is 0.355. The largest absolute Gasteiger partial charge is 0.363 e. The maximum atomic E-state index is 11.5. The van der Waals surface area contributed by atoms with Crippen LogP contribution in [0.2, 0.25) is 0 Å². The first kappa shape index (κ1) is 14.8. The Hall–Kier alpha value is -1.63. The van der Waals surface area contributed by atoms with Crippen molar-refractivity contribution in [2.45, 2.75) is 31.2 Å². The molecule has 1 saturated heterocycles. The van der Waals surface area contributed by atoms with Gasteiger partial charge in [-0.05, 0) is 31.4 Å². The fourth-order valence-electron chi connectivity index (χ4n) is 2.76. The number of nitro benzene ring substituents is 1. The van der Waals surface area contributed by atoms with Crippen molar-refractivity contribution in [1.82, 2.24) is 0 Å². The molecular weight excluding hydrogens is 280 g/mol. The summed E-state index contributed by atoms with van der Waals surface area (Å²) in [6.07, 6.45) is 2.03. The zero-order chi connectivity index (χ0) is 15.1. The number of anilines is 1. The molecule has 7 heteroatoms. The summed E-state index contributed by atoms with van der Waals surface area (Å²) in [5, 5.41) is 11.2. The van der Waals surface area contributed by atoms with Gasteiger partial charge in [-0.1, -0.05) is 6.92 Å². The molecule has 110 valence electrons. The number of hydrogen-bond donors (Lipinski definition) is 0. The van der Waals surface area contributed by atoms with E-state index in [1.54, 1.807) is 6.07 Å². The van der Waals surface area contributed by atoms with Gasteiger partial charge in [-0.25, -0.2) is 8.42 Å². The van der Waals surface area contributed by atoms with Crippen LogP contribution in [0.5, 0.6) is 0 Å². The van der Waals surface area contributed by atoms with Gasteiger partial charge >= 0.3 is 0 Å². The summed E-state index contributed by atoms with van der Waals surface area (Å²) in [6.45, 7) is 4.88. The molecule has 0 amide bonds. The lowest BCUT2D eigenvalue weighted by molar-refractivity contribution is -0.384. The number of nitro groups is 1. The van der Waals surface area contributed by atoms with E-state index in [2.05, 4.69) is 6.92 Å². The molecule has 0 radical (unpaired) electrons. The van der Waals surface area contributed by atoms with Crippen LogP contribution >= 0.6 is 0 Å². The van der Waals surface area contributed by atoms with Gasteiger partial charge in [0.05, 0.1) is 9.82 Å². The summed E-state index contributed by atoms with van der Waals surface area (Å²) in [4.78, 5) is 12.7. The Morgan fingerprint density at radius 3 is 2.45 bits per heavy atom. The monoisotopic (exact) mass is 298 g/mol. The van der Waals surface area contributed by atoms with Crippen molar-refractivity contribution in [1.29, 1.82) is 0 Å². The Balaban J connectivity index is 2.52. The molecule has 0 bridgehead atoms. The molecule has 1 aliphatic rings. The van der Waals surface area contributed by atoms with Crippen molar-refractivity contribution in [2.24, 2.45) is 5.92 Å². The Kier molecular flexibility index (Phi) is 3.73. The molecule has 1 aromatic carbocycles. The van der Waals surface area contributed by atoms with Crippen molar-refractivity contribution in [3.63, 3.8) is 0 Å². The standard InChI is InChI=1S/C13H18N2O4S/c1-9-6-10(2)14(8-9)12-5-4-11(20(3,18)19)7-13(12)15(16)17/h4-5,7,9-10H,6,8H2,1-3H3. The number of nitrogens with zero attached hydrogens (tertiary/aromatic N) is 2. The molecule has 1 fully saturated rings. The first-order valence-corrected chi connectivity index (χ1v) is 8.34. The van der Waals surface area contributed by atoms with Crippen LogP contribution < -0.4 is 4.90 Å². The van der Waals surface area contributed by atoms with Crippen LogP contribution in [0, 0.1) is 16.0 Å². The average molecular weight is 298 g/mol. The fraction of sp³-hybridized carbons (Fsp3) is 0.538. The molecule has 0 aliphatic carbocycles. The van der Waals surface area contributed by atoms with Crippen LogP contribution in [0.3, 0.4) is 0 Å². The summed E-state index contributed by atoms with van der Waals surface area (Å²) >= 11 is 0. The van der Waals surface area contributed by atoms with Crippen LogP contribution in [0.1, 0.15) is 20.3 Å². The van der Waals surface area contributed by atoms with E-state index in [0.717, 1.165) is 25.3 Å². The first-order chi connectivity index (χ1) is 9.20. The third kappa shape index (κ3) is 2.77. The third-order valence-electron chi connectivity index (χ3n) is 3.67. The summed E-state index contributed by atoms with van der Waals surface area (Å²) in [6, 6.07) is 4.35. The Morgan fingerprint density at radius 1 is 1.35 bits per heavy atom. The van der Waals surface area contributed by atoms with Crippen molar-refractivity contribution in [2.75, 3.05) is 17.7 Å². The van der Waals surface area contributed by atoms with Crippen molar-refractivity contribution in [3.8, 4) is 0 Å². The Labute approximate surface area is 118 Å². The van der Waals surface area contributed by atoms with Gasteiger partial charge in [-0.15, -0.1) is 0 Å². The van der Waals surface area contributed by atoms with Crippen molar-refractivity contribution in [3.05, 3.63) is 28.3 Å². The normalized spacial score (nSPS) is 23.1. The van der Waals surface area contributed by atoms with Crippen molar-refractivity contribution >= 4 is 21.2 Å². The highest BCUT2D eigenvalue weighted by molar-refractivity contribution is 7.90. The van der Waals surface area contributed by atoms with Crippen molar-refractivity contribution < 1.29 is 13.3 Å². The second-order valence-electron chi connectivity index (χ2n) is 5.52. The zero-order valence-electron chi connectivity index (χ0n) is 11.7. The Bertz CT molecular complexity index is 642. The molecule has 2 atom stereocenters. The van der Waals surface area contributed by atoms with Gasteiger partial charge in [0, 0.05) is 24.9 Å². The number of sulfone groups is 1. The molecule has 0 N–H and O–H groups in total. The summed E-state index contributed by atoms with van der Waals surface area (Å²) < 4.78 is 23.0. The van der Waals surface area contributed by atoms with Crippen LogP contribution in [0.15, 0.2) is 23.1 Å². The van der Waals surface area contributed by atoms with Crippen LogP contribution in [-0.2, 0) is 9.84 Å². The predicted octanol–water partition coefficient (Wildman–Crippen LogP) is 2.23. The molecule has 1 aliphatic heterocycles. The van der Waals surface area contributed by atoms with Crippen LogP contribution in [-0.4, -0.2) is 32.2 Å². The SMILES string of the molecule is CC1CC(C)N(c2ccc(S(C)(=O)=O)cc2[N+](=O)[O-])C1. The van der Waals surface area contributed by atoms with Crippen LogP contribution in [0.4, 0.5) is 11.4 Å². The minimum Gasteiger partial charge on any atom is -0.363 e. The Morgan fingerprint density at radius 2 is 2.00 bits per heavy atom. The number of benzene rings is 1. The smallest absolute Gasteiger partial charge is 0.293 e. The highest BCUT2D eigenvalue weighted by Crippen LogP contribution is 2.36. The van der Waals surface area contributed by atoms with E-state index < -0.39 is 14.8 Å². The molecule has 6 nitrogen and oxygen atoms in total. The quantitative estimate of drug-likeness (QED) is 0.631.